The monoisotopic (exact) mass is 472 g/mol. The number of alkyl halides is 3. The van der Waals surface area contributed by atoms with Gasteiger partial charge >= 0.3 is 6.18 Å². The van der Waals surface area contributed by atoms with E-state index in [1.54, 1.807) is 26.2 Å². The maximum Gasteiger partial charge on any atom is 0.389 e. The zero-order valence-corrected chi connectivity index (χ0v) is 19.4. The minimum Gasteiger partial charge on any atom is -0.373 e. The van der Waals surface area contributed by atoms with E-state index in [0.717, 1.165) is 11.3 Å². The molecule has 1 aliphatic rings. The van der Waals surface area contributed by atoms with Crippen LogP contribution in [0.1, 0.15) is 66.2 Å². The van der Waals surface area contributed by atoms with Crippen LogP contribution in [0.25, 0.3) is 16.5 Å². The average molecular weight is 473 g/mol. The zero-order chi connectivity index (χ0) is 24.6. The lowest BCUT2D eigenvalue weighted by Crippen LogP contribution is -2.24. The molecule has 2 atom stereocenters. The fourth-order valence-corrected chi connectivity index (χ4v) is 4.36. The molecule has 4 heterocycles. The first-order valence-corrected chi connectivity index (χ1v) is 11.2. The molecule has 34 heavy (non-hydrogen) atoms. The van der Waals surface area contributed by atoms with Crippen LogP contribution in [-0.2, 0) is 11.8 Å². The van der Waals surface area contributed by atoms with Crippen LogP contribution < -0.4 is 5.56 Å². The highest BCUT2D eigenvalue weighted by molar-refractivity contribution is 5.89. The van der Waals surface area contributed by atoms with Gasteiger partial charge in [-0.2, -0.15) is 13.2 Å². The van der Waals surface area contributed by atoms with Crippen molar-refractivity contribution >= 4 is 16.5 Å². The third-order valence-corrected chi connectivity index (χ3v) is 6.34. The molecule has 0 radical (unpaired) electrons. The molecule has 0 bridgehead atoms. The average Bonchev–Trinajstić information content (AvgIpc) is 2.80. The van der Waals surface area contributed by atoms with Crippen LogP contribution in [0.2, 0.25) is 0 Å². The summed E-state index contributed by atoms with van der Waals surface area (Å²) in [7, 11) is 1.58. The molecule has 3 aromatic rings. The maximum absolute atomic E-state index is 13.0. The third-order valence-electron chi connectivity index (χ3n) is 6.34. The van der Waals surface area contributed by atoms with Crippen molar-refractivity contribution in [2.45, 2.75) is 57.7 Å². The second-order valence-corrected chi connectivity index (χ2v) is 8.84. The van der Waals surface area contributed by atoms with E-state index in [1.807, 2.05) is 19.1 Å². The molecule has 0 spiro atoms. The van der Waals surface area contributed by atoms with Gasteiger partial charge in [0.25, 0.3) is 5.56 Å². The van der Waals surface area contributed by atoms with Crippen LogP contribution in [-0.4, -0.2) is 32.3 Å². The van der Waals surface area contributed by atoms with Crippen molar-refractivity contribution in [1.82, 2.24) is 19.5 Å². The van der Waals surface area contributed by atoms with Gasteiger partial charge in [-0.15, -0.1) is 0 Å². The number of hydrogen-bond donors (Lipinski definition) is 0. The number of aromatic nitrogens is 4. The largest absolute Gasteiger partial charge is 0.389 e. The number of aryl methyl sites for hydroxylation is 2. The van der Waals surface area contributed by atoms with E-state index in [1.165, 1.54) is 4.57 Å². The Labute approximate surface area is 195 Å². The Balaban J connectivity index is 1.76. The normalized spacial score (nSPS) is 18.9. The Bertz CT molecular complexity index is 1300. The van der Waals surface area contributed by atoms with Crippen LogP contribution in [0.4, 0.5) is 13.2 Å². The van der Waals surface area contributed by atoms with Gasteiger partial charge in [-0.1, -0.05) is 6.58 Å². The van der Waals surface area contributed by atoms with Crippen molar-refractivity contribution in [2.75, 3.05) is 6.61 Å². The van der Waals surface area contributed by atoms with E-state index in [2.05, 4.69) is 16.5 Å². The lowest BCUT2D eigenvalue weighted by atomic mass is 9.88. The van der Waals surface area contributed by atoms with E-state index in [0.29, 0.717) is 36.5 Å². The molecule has 0 unspecified atom stereocenters. The minimum atomic E-state index is -4.33. The molecule has 3 aromatic heterocycles. The van der Waals surface area contributed by atoms with Gasteiger partial charge in [0, 0.05) is 43.6 Å². The molecule has 180 valence electrons. The van der Waals surface area contributed by atoms with E-state index in [4.69, 9.17) is 9.72 Å². The number of pyridine rings is 2. The Kier molecular flexibility index (Phi) is 6.58. The van der Waals surface area contributed by atoms with Gasteiger partial charge in [0.15, 0.2) is 0 Å². The molecule has 0 aromatic carbocycles. The molecule has 1 aliphatic heterocycles. The van der Waals surface area contributed by atoms with E-state index in [9.17, 15) is 18.0 Å². The maximum atomic E-state index is 13.0. The summed E-state index contributed by atoms with van der Waals surface area (Å²) < 4.78 is 46.0. The Morgan fingerprint density at radius 3 is 2.74 bits per heavy atom. The number of nitrogens with zero attached hydrogens (tertiary/aromatic N) is 4. The second kappa shape index (κ2) is 9.29. The Morgan fingerprint density at radius 2 is 2.03 bits per heavy atom. The summed E-state index contributed by atoms with van der Waals surface area (Å²) in [5.41, 5.74) is 3.07. The molecule has 6 nitrogen and oxygen atoms in total. The zero-order valence-electron chi connectivity index (χ0n) is 19.4. The van der Waals surface area contributed by atoms with Crippen molar-refractivity contribution < 1.29 is 17.9 Å². The van der Waals surface area contributed by atoms with Gasteiger partial charge in [0.1, 0.15) is 5.82 Å². The second-order valence-electron chi connectivity index (χ2n) is 8.84. The highest BCUT2D eigenvalue weighted by atomic mass is 19.4. The highest BCUT2D eigenvalue weighted by Gasteiger charge is 2.30. The number of allylic oxidation sites excluding steroid dienone is 1. The fourth-order valence-electron chi connectivity index (χ4n) is 4.36. The topological polar surface area (TPSA) is 69.9 Å². The quantitative estimate of drug-likeness (QED) is 0.502. The molecule has 4 rings (SSSR count). The van der Waals surface area contributed by atoms with Crippen LogP contribution in [0.5, 0.6) is 0 Å². The standard InChI is InChI=1S/C25H27F3N4O2/c1-14(5-8-25(26,27)28)23-22-20(30-16(3)32(4)24(22)33)13-19(31-23)17-7-10-34-21(12-17)18-6-9-29-15(2)11-18/h6,9,11,13,17,21H,1,5,7-8,10,12H2,2-4H3/t17-,21+/m1/s1. The third kappa shape index (κ3) is 5.04. The number of rotatable bonds is 5. The Morgan fingerprint density at radius 1 is 1.26 bits per heavy atom. The van der Waals surface area contributed by atoms with Crippen molar-refractivity contribution in [2.24, 2.45) is 7.05 Å². The van der Waals surface area contributed by atoms with Gasteiger partial charge in [0.2, 0.25) is 0 Å². The molecule has 0 saturated carbocycles. The summed E-state index contributed by atoms with van der Waals surface area (Å²) in [5.74, 6) is 0.510. The van der Waals surface area contributed by atoms with Crippen molar-refractivity contribution in [3.8, 4) is 0 Å². The lowest BCUT2D eigenvalue weighted by molar-refractivity contribution is -0.133. The minimum absolute atomic E-state index is 0.00282. The van der Waals surface area contributed by atoms with Crippen molar-refractivity contribution in [3.05, 3.63) is 69.8 Å². The summed E-state index contributed by atoms with van der Waals surface area (Å²) in [4.78, 5) is 26.5. The van der Waals surface area contributed by atoms with Crippen LogP contribution >= 0.6 is 0 Å². The molecular weight excluding hydrogens is 445 g/mol. The van der Waals surface area contributed by atoms with Crippen LogP contribution in [0, 0.1) is 13.8 Å². The van der Waals surface area contributed by atoms with E-state index in [-0.39, 0.29) is 40.7 Å². The lowest BCUT2D eigenvalue weighted by Gasteiger charge is -2.30. The first-order valence-electron chi connectivity index (χ1n) is 11.2. The Hall–Kier alpha value is -3.07. The molecule has 9 heteroatoms. The number of hydrogen-bond acceptors (Lipinski definition) is 5. The van der Waals surface area contributed by atoms with Crippen molar-refractivity contribution in [1.29, 1.82) is 0 Å². The molecule has 0 aliphatic carbocycles. The first-order chi connectivity index (χ1) is 16.0. The molecule has 1 saturated heterocycles. The number of fused-ring (bicyclic) bond motifs is 1. The van der Waals surface area contributed by atoms with E-state index >= 15 is 0 Å². The summed E-state index contributed by atoms with van der Waals surface area (Å²) in [6.45, 7) is 8.01. The summed E-state index contributed by atoms with van der Waals surface area (Å²) in [6.07, 6.45) is -2.73. The predicted octanol–water partition coefficient (Wildman–Crippen LogP) is 5.33. The number of ether oxygens (including phenoxy) is 1. The molecule has 1 fully saturated rings. The van der Waals surface area contributed by atoms with Gasteiger partial charge < -0.3 is 4.74 Å². The fraction of sp³-hybridized carbons (Fsp3) is 0.440. The highest BCUT2D eigenvalue weighted by Crippen LogP contribution is 2.38. The number of halogens is 3. The summed E-state index contributed by atoms with van der Waals surface area (Å²) >= 11 is 0. The van der Waals surface area contributed by atoms with Gasteiger partial charge in [0.05, 0.1) is 22.7 Å². The van der Waals surface area contributed by atoms with Gasteiger partial charge in [-0.25, -0.2) is 4.98 Å². The molecule has 0 amide bonds. The van der Waals surface area contributed by atoms with Crippen LogP contribution in [0.15, 0.2) is 35.8 Å². The predicted molar refractivity (Wildman–Crippen MR) is 123 cm³/mol. The van der Waals surface area contributed by atoms with Crippen LogP contribution in [0.3, 0.4) is 0 Å². The first kappa shape index (κ1) is 24.1. The molecular formula is C25H27F3N4O2. The van der Waals surface area contributed by atoms with Crippen molar-refractivity contribution in [3.63, 3.8) is 0 Å². The summed E-state index contributed by atoms with van der Waals surface area (Å²) in [5, 5.41) is 0.206. The molecule has 0 N–H and O–H groups in total. The van der Waals surface area contributed by atoms with Gasteiger partial charge in [-0.3, -0.25) is 19.3 Å². The smallest absolute Gasteiger partial charge is 0.373 e. The van der Waals surface area contributed by atoms with E-state index < -0.39 is 12.6 Å². The SMILES string of the molecule is C=C(CCC(F)(F)F)c1nc([C@@H]2CCO[C@H](c3ccnc(C)c3)C2)cc2nc(C)n(C)c(=O)c12. The van der Waals surface area contributed by atoms with Gasteiger partial charge in [-0.05, 0) is 62.4 Å². The summed E-state index contributed by atoms with van der Waals surface area (Å²) in [6, 6.07) is 5.70.